The van der Waals surface area contributed by atoms with E-state index in [-0.39, 0.29) is 16.7 Å². The van der Waals surface area contributed by atoms with Crippen molar-refractivity contribution in [2.75, 3.05) is 29.0 Å². The third-order valence-electron chi connectivity index (χ3n) is 8.06. The Balaban J connectivity index is 0.000000425. The first-order valence-corrected chi connectivity index (χ1v) is 18.1. The molecule has 300 valence electrons. The van der Waals surface area contributed by atoms with Crippen molar-refractivity contribution in [2.24, 2.45) is 5.92 Å². The average molecular weight is 832 g/mol. The van der Waals surface area contributed by atoms with E-state index in [0.717, 1.165) is 34.6 Å². The highest BCUT2D eigenvalue weighted by atomic mass is 35.5. The number of nitrogens with zero attached hydrogens (tertiary/aromatic N) is 4. The number of benzene rings is 2. The van der Waals surface area contributed by atoms with Gasteiger partial charge in [0.05, 0.1) is 6.20 Å². The third kappa shape index (κ3) is 12.5. The van der Waals surface area contributed by atoms with E-state index in [2.05, 4.69) is 43.0 Å². The molecule has 2 aliphatic heterocycles. The highest BCUT2D eigenvalue weighted by Gasteiger charge is 2.39. The van der Waals surface area contributed by atoms with Gasteiger partial charge in [-0.3, -0.25) is 9.78 Å². The van der Waals surface area contributed by atoms with Gasteiger partial charge in [-0.1, -0.05) is 23.7 Å². The second-order valence-electron chi connectivity index (χ2n) is 12.1. The fourth-order valence-electron chi connectivity index (χ4n) is 5.33. The number of nitrogens with one attached hydrogen (secondary N) is 3. The fraction of sp³-hybridized carbons (Fsp3) is 0.294. The molecule has 2 aromatic heterocycles. The maximum absolute atomic E-state index is 13.2. The van der Waals surface area contributed by atoms with Gasteiger partial charge in [0.25, 0.3) is 0 Å². The van der Waals surface area contributed by atoms with E-state index in [0.29, 0.717) is 55.6 Å². The molecule has 6 rings (SSSR count). The van der Waals surface area contributed by atoms with Crippen LogP contribution in [0, 0.1) is 5.92 Å². The molecule has 1 saturated heterocycles. The van der Waals surface area contributed by atoms with Crippen LogP contribution in [0.15, 0.2) is 78.1 Å². The number of halogens is 7. The van der Waals surface area contributed by atoms with Crippen molar-refractivity contribution in [3.05, 3.63) is 89.3 Å². The average Bonchev–Trinajstić information content (AvgIpc) is 3.13. The number of carbonyl (C=O) groups excluding carboxylic acids is 1. The summed E-state index contributed by atoms with van der Waals surface area (Å²) in [5.41, 5.74) is 4.54. The number of piperidine rings is 1. The Hall–Kier alpha value is -5.54. The van der Waals surface area contributed by atoms with E-state index in [1.807, 2.05) is 30.3 Å². The molecule has 4 heterocycles. The molecule has 0 atom stereocenters. The fourth-order valence-corrected chi connectivity index (χ4v) is 6.90. The van der Waals surface area contributed by atoms with Crippen LogP contribution in [0.3, 0.4) is 0 Å². The van der Waals surface area contributed by atoms with Crippen molar-refractivity contribution in [3.8, 4) is 0 Å². The Morgan fingerprint density at radius 1 is 0.875 bits per heavy atom. The molecule has 22 heteroatoms. The van der Waals surface area contributed by atoms with Gasteiger partial charge in [-0.2, -0.15) is 35.6 Å². The zero-order chi connectivity index (χ0) is 41.3. The summed E-state index contributed by atoms with van der Waals surface area (Å²) in [6.07, 6.45) is -2.65. The van der Waals surface area contributed by atoms with Crippen LogP contribution >= 0.6 is 11.6 Å². The smallest absolute Gasteiger partial charge is 0.475 e. The minimum Gasteiger partial charge on any atom is -0.475 e. The van der Waals surface area contributed by atoms with Crippen LogP contribution < -0.4 is 16.0 Å². The van der Waals surface area contributed by atoms with Crippen molar-refractivity contribution in [2.45, 2.75) is 49.4 Å². The van der Waals surface area contributed by atoms with Crippen LogP contribution in [-0.2, 0) is 37.2 Å². The maximum Gasteiger partial charge on any atom is 0.490 e. The first-order valence-electron chi connectivity index (χ1n) is 16.3. The number of carboxylic acid groups (broad SMARTS) is 2. The molecule has 56 heavy (non-hydrogen) atoms. The van der Waals surface area contributed by atoms with Gasteiger partial charge in [-0.15, -0.1) is 0 Å². The summed E-state index contributed by atoms with van der Waals surface area (Å²) in [5, 5.41) is 24.3. The van der Waals surface area contributed by atoms with Crippen LogP contribution in [0.1, 0.15) is 30.4 Å². The molecular formula is C34H32ClF6N7O7S. The van der Waals surface area contributed by atoms with Gasteiger partial charge in [0.1, 0.15) is 9.92 Å². The maximum atomic E-state index is 13.2. The Labute approximate surface area is 320 Å². The normalized spacial score (nSPS) is 14.6. The van der Waals surface area contributed by atoms with Crippen LogP contribution in [0.4, 0.5) is 55.2 Å². The molecule has 1 amide bonds. The molecule has 5 N–H and O–H groups in total. The summed E-state index contributed by atoms with van der Waals surface area (Å²) < 4.78 is 90.8. The minimum atomic E-state index is -5.08. The van der Waals surface area contributed by atoms with Crippen LogP contribution in [0.5, 0.6) is 0 Å². The lowest BCUT2D eigenvalue weighted by Crippen LogP contribution is -2.39. The number of sulfonamides is 1. The first-order chi connectivity index (χ1) is 26.2. The topological polar surface area (TPSA) is 204 Å². The molecule has 1 fully saturated rings. The summed E-state index contributed by atoms with van der Waals surface area (Å²) in [6.45, 7) is 0.754. The van der Waals surface area contributed by atoms with Crippen molar-refractivity contribution in [1.82, 2.24) is 19.3 Å². The Bertz CT molecular complexity index is 2110. The van der Waals surface area contributed by atoms with Crippen molar-refractivity contribution >= 4 is 68.3 Å². The number of hydrogen-bond acceptors (Lipinski definition) is 10. The Morgan fingerprint density at radius 2 is 1.52 bits per heavy atom. The van der Waals surface area contributed by atoms with Crippen LogP contribution in [-0.4, -0.2) is 81.2 Å². The molecule has 2 aliphatic rings. The minimum absolute atomic E-state index is 0.0851. The third-order valence-corrected chi connectivity index (χ3v) is 10.2. The highest BCUT2D eigenvalue weighted by Crippen LogP contribution is 2.31. The molecule has 0 saturated carbocycles. The lowest BCUT2D eigenvalue weighted by molar-refractivity contribution is -0.193. The van der Waals surface area contributed by atoms with E-state index in [1.54, 1.807) is 24.5 Å². The van der Waals surface area contributed by atoms with Crippen molar-refractivity contribution < 1.29 is 59.4 Å². The molecule has 0 radical (unpaired) electrons. The van der Waals surface area contributed by atoms with Gasteiger partial charge in [-0.25, -0.2) is 23.0 Å². The number of amides is 1. The largest absolute Gasteiger partial charge is 0.490 e. The zero-order valence-corrected chi connectivity index (χ0v) is 30.3. The first kappa shape index (κ1) is 43.2. The standard InChI is InChI=1S/C30H30ClN7O3S.2C2HF3O2/c31-26-19-33-30-35-23-4-1-3-20(15-23)6-7-22-17-24(34-29(26)37-30)8-9-27(22)36-28(39)16-21-10-13-38(14-11-21)42(40,41)25-5-2-12-32-18-25;2*3-2(4,5)1(6)7/h1-5,8-9,12,15,17-19,21H,6-7,10-11,13-14,16H2,(H,36,39)(H2,33,34,35,37);2*(H,6,7). The number of carboxylic acids is 2. The second kappa shape index (κ2) is 18.4. The number of alkyl halides is 6. The van der Waals surface area contributed by atoms with Crippen LogP contribution in [0.2, 0.25) is 5.02 Å². The number of pyridine rings is 1. The van der Waals surface area contributed by atoms with Gasteiger partial charge in [-0.05, 0) is 85.2 Å². The zero-order valence-electron chi connectivity index (χ0n) is 28.7. The molecule has 0 spiro atoms. The van der Waals surface area contributed by atoms with Crippen molar-refractivity contribution in [1.29, 1.82) is 0 Å². The molecule has 0 aliphatic carbocycles. The number of hydrogen-bond donors (Lipinski definition) is 5. The number of anilines is 5. The van der Waals surface area contributed by atoms with Crippen molar-refractivity contribution in [3.63, 3.8) is 0 Å². The molecule has 0 unspecified atom stereocenters. The quantitative estimate of drug-likeness (QED) is 0.132. The number of rotatable bonds is 5. The SMILES string of the molecule is O=C(CC1CCN(S(=O)(=O)c2cccnc2)CC1)Nc1ccc2cc1CCc1cccc(c1)Nc1ncc(Cl)c(n1)N2.O=C(O)C(F)(F)F.O=C(O)C(F)(F)F. The van der Waals surface area contributed by atoms with Gasteiger partial charge < -0.3 is 26.2 Å². The number of aliphatic carboxylic acids is 2. The number of aromatic nitrogens is 3. The van der Waals surface area contributed by atoms with Gasteiger partial charge in [0, 0.05) is 49.0 Å². The molecule has 6 bridgehead atoms. The predicted octanol–water partition coefficient (Wildman–Crippen LogP) is 6.81. The molecule has 4 aromatic rings. The summed E-state index contributed by atoms with van der Waals surface area (Å²) in [4.78, 5) is 43.9. The molecule has 2 aromatic carbocycles. The van der Waals surface area contributed by atoms with Gasteiger partial charge in [0.2, 0.25) is 21.9 Å². The lowest BCUT2D eigenvalue weighted by atomic mass is 9.94. The number of aryl methyl sites for hydroxylation is 2. The number of fused-ring (bicyclic) bond motifs is 6. The summed E-state index contributed by atoms with van der Waals surface area (Å²) in [7, 11) is -3.58. The highest BCUT2D eigenvalue weighted by molar-refractivity contribution is 7.89. The lowest BCUT2D eigenvalue weighted by Gasteiger charge is -2.30. The van der Waals surface area contributed by atoms with Gasteiger partial charge >= 0.3 is 24.3 Å². The Kier molecular flexibility index (Phi) is 14.2. The Morgan fingerprint density at radius 3 is 2.12 bits per heavy atom. The predicted molar refractivity (Wildman–Crippen MR) is 190 cm³/mol. The van der Waals surface area contributed by atoms with Gasteiger partial charge in [0.15, 0.2) is 5.82 Å². The van der Waals surface area contributed by atoms with E-state index in [1.165, 1.54) is 10.5 Å². The van der Waals surface area contributed by atoms with Crippen LogP contribution in [0.25, 0.3) is 0 Å². The monoisotopic (exact) mass is 831 g/mol. The molecule has 14 nitrogen and oxygen atoms in total. The molecular weight excluding hydrogens is 800 g/mol. The van der Waals surface area contributed by atoms with E-state index < -0.39 is 34.3 Å². The summed E-state index contributed by atoms with van der Waals surface area (Å²) >= 11 is 6.38. The van der Waals surface area contributed by atoms with E-state index in [9.17, 15) is 39.6 Å². The summed E-state index contributed by atoms with van der Waals surface area (Å²) in [6, 6.07) is 17.0. The van der Waals surface area contributed by atoms with E-state index in [4.69, 9.17) is 31.4 Å². The second-order valence-corrected chi connectivity index (χ2v) is 14.5. The summed E-state index contributed by atoms with van der Waals surface area (Å²) in [5.74, 6) is -4.59. The number of carbonyl (C=O) groups is 3. The van der Waals surface area contributed by atoms with E-state index >= 15 is 0 Å².